The van der Waals surface area contributed by atoms with Crippen LogP contribution in [-0.4, -0.2) is 68.6 Å². The maximum absolute atomic E-state index is 12.7. The molecule has 1 unspecified atom stereocenters. The third-order valence-electron chi connectivity index (χ3n) is 6.81. The number of nitrogens with zero attached hydrogens (tertiary/aromatic N) is 1. The van der Waals surface area contributed by atoms with Crippen molar-refractivity contribution in [2.45, 2.75) is 82.6 Å². The topological polar surface area (TPSA) is 86.3 Å². The summed E-state index contributed by atoms with van der Waals surface area (Å²) in [5.41, 5.74) is 0.592. The van der Waals surface area contributed by atoms with Gasteiger partial charge in [0.05, 0.1) is 14.2 Å². The van der Waals surface area contributed by atoms with Crippen molar-refractivity contribution < 1.29 is 28.5 Å². The van der Waals surface area contributed by atoms with Crippen molar-refractivity contribution in [3.63, 3.8) is 0 Å². The Morgan fingerprint density at radius 2 is 1.85 bits per heavy atom. The number of esters is 1. The van der Waals surface area contributed by atoms with Crippen molar-refractivity contribution in [2.75, 3.05) is 27.8 Å². The SMILES string of the molecule is COc1ccc([C@@]23CC[C@@H](OC(=O)C(C)NC(=O)OC(C)(C)C)C[C@@H]2N(C)CC3)cc1OC. The molecule has 2 fully saturated rings. The van der Waals surface area contributed by atoms with Crippen LogP contribution in [0.15, 0.2) is 18.2 Å². The first kappa shape index (κ1) is 25.1. The lowest BCUT2D eigenvalue weighted by Crippen LogP contribution is -2.49. The summed E-state index contributed by atoms with van der Waals surface area (Å²) in [5.74, 6) is 1.01. The standard InChI is InChI=1S/C25H38N2O6/c1-16(26-23(29)33-24(2,3)4)22(28)32-18-10-11-25(12-13-27(5)21(25)15-18)17-8-9-19(30-6)20(14-17)31-7/h8-9,14,16,18,21H,10-13,15H2,1-7H3,(H,26,29)/t16?,18-,21+,25+/m1/s1. The van der Waals surface area contributed by atoms with Crippen molar-refractivity contribution in [1.29, 1.82) is 0 Å². The molecule has 0 radical (unpaired) electrons. The van der Waals surface area contributed by atoms with Gasteiger partial charge in [-0.1, -0.05) is 6.07 Å². The highest BCUT2D eigenvalue weighted by Gasteiger charge is 2.51. The van der Waals surface area contributed by atoms with Crippen LogP contribution in [0.4, 0.5) is 4.79 Å². The van der Waals surface area contributed by atoms with Crippen LogP contribution in [0.1, 0.15) is 58.9 Å². The minimum Gasteiger partial charge on any atom is -0.493 e. The number of rotatable bonds is 6. The Bertz CT molecular complexity index is 867. The summed E-state index contributed by atoms with van der Waals surface area (Å²) in [6, 6.07) is 5.65. The van der Waals surface area contributed by atoms with E-state index in [0.717, 1.165) is 43.7 Å². The van der Waals surface area contributed by atoms with Gasteiger partial charge in [0, 0.05) is 17.9 Å². The quantitative estimate of drug-likeness (QED) is 0.646. The number of hydrogen-bond donors (Lipinski definition) is 1. The molecule has 33 heavy (non-hydrogen) atoms. The van der Waals surface area contributed by atoms with Crippen LogP contribution in [-0.2, 0) is 19.7 Å². The number of benzene rings is 1. The molecule has 0 aromatic heterocycles. The molecule has 1 saturated heterocycles. The Balaban J connectivity index is 1.68. The lowest BCUT2D eigenvalue weighted by atomic mass is 9.65. The van der Waals surface area contributed by atoms with E-state index in [9.17, 15) is 9.59 Å². The summed E-state index contributed by atoms with van der Waals surface area (Å²) in [6.07, 6.45) is 2.64. The fourth-order valence-electron chi connectivity index (χ4n) is 5.15. The van der Waals surface area contributed by atoms with E-state index in [1.807, 2.05) is 6.07 Å². The number of likely N-dealkylation sites (N-methyl/N-ethyl adjacent to an activating group) is 1. The highest BCUT2D eigenvalue weighted by atomic mass is 16.6. The maximum atomic E-state index is 12.7. The number of fused-ring (bicyclic) bond motifs is 1. The van der Waals surface area contributed by atoms with E-state index >= 15 is 0 Å². The number of amides is 1. The van der Waals surface area contributed by atoms with E-state index in [1.165, 1.54) is 5.56 Å². The highest BCUT2D eigenvalue weighted by molar-refractivity contribution is 5.81. The Morgan fingerprint density at radius 1 is 1.15 bits per heavy atom. The summed E-state index contributed by atoms with van der Waals surface area (Å²) < 4.78 is 22.0. The molecule has 8 heteroatoms. The third-order valence-corrected chi connectivity index (χ3v) is 6.81. The van der Waals surface area contributed by atoms with Crippen molar-refractivity contribution >= 4 is 12.1 Å². The summed E-state index contributed by atoms with van der Waals surface area (Å²) in [6.45, 7) is 7.93. The Kier molecular flexibility index (Phi) is 7.46. The van der Waals surface area contributed by atoms with E-state index < -0.39 is 23.7 Å². The van der Waals surface area contributed by atoms with Crippen molar-refractivity contribution in [3.8, 4) is 11.5 Å². The largest absolute Gasteiger partial charge is 0.493 e. The fourth-order valence-corrected chi connectivity index (χ4v) is 5.15. The second kappa shape index (κ2) is 9.79. The minimum absolute atomic E-state index is 0.0163. The van der Waals surface area contributed by atoms with E-state index in [0.29, 0.717) is 0 Å². The van der Waals surface area contributed by atoms with Crippen LogP contribution < -0.4 is 14.8 Å². The molecule has 1 aliphatic heterocycles. The predicted molar refractivity (Wildman–Crippen MR) is 125 cm³/mol. The lowest BCUT2D eigenvalue weighted by molar-refractivity contribution is -0.154. The smallest absolute Gasteiger partial charge is 0.408 e. The van der Waals surface area contributed by atoms with Gasteiger partial charge in [-0.05, 0) is 78.2 Å². The molecule has 1 aromatic rings. The number of likely N-dealkylation sites (tertiary alicyclic amines) is 1. The van der Waals surface area contributed by atoms with E-state index in [1.54, 1.807) is 41.9 Å². The molecule has 0 spiro atoms. The molecule has 1 saturated carbocycles. The molecule has 2 aliphatic rings. The number of carbonyl (C=O) groups excluding carboxylic acids is 2. The molecular formula is C25H38N2O6. The molecule has 1 aromatic carbocycles. The van der Waals surface area contributed by atoms with Gasteiger partial charge < -0.3 is 29.2 Å². The van der Waals surface area contributed by atoms with Gasteiger partial charge in [0.2, 0.25) is 0 Å². The van der Waals surface area contributed by atoms with E-state index in [2.05, 4.69) is 29.4 Å². The molecule has 1 heterocycles. The molecular weight excluding hydrogens is 424 g/mol. The predicted octanol–water partition coefficient (Wildman–Crippen LogP) is 3.65. The summed E-state index contributed by atoms with van der Waals surface area (Å²) in [4.78, 5) is 27.0. The zero-order chi connectivity index (χ0) is 24.4. The zero-order valence-corrected chi connectivity index (χ0v) is 20.9. The lowest BCUT2D eigenvalue weighted by Gasteiger charge is -2.44. The van der Waals surface area contributed by atoms with Gasteiger partial charge in [0.1, 0.15) is 17.7 Å². The summed E-state index contributed by atoms with van der Waals surface area (Å²) in [7, 11) is 5.42. The molecule has 4 atom stereocenters. The van der Waals surface area contributed by atoms with Crippen LogP contribution in [0.2, 0.25) is 0 Å². The molecule has 3 rings (SSSR count). The van der Waals surface area contributed by atoms with Gasteiger partial charge in [-0.2, -0.15) is 0 Å². The van der Waals surface area contributed by atoms with Gasteiger partial charge in [0.25, 0.3) is 0 Å². The molecule has 184 valence electrons. The number of methoxy groups -OCH3 is 2. The summed E-state index contributed by atoms with van der Waals surface area (Å²) in [5, 5.41) is 2.57. The molecule has 0 bridgehead atoms. The van der Waals surface area contributed by atoms with Crippen LogP contribution in [0.25, 0.3) is 0 Å². The maximum Gasteiger partial charge on any atom is 0.408 e. The van der Waals surface area contributed by atoms with E-state index in [4.69, 9.17) is 18.9 Å². The Hall–Kier alpha value is -2.48. The van der Waals surface area contributed by atoms with E-state index in [-0.39, 0.29) is 17.6 Å². The van der Waals surface area contributed by atoms with Crippen molar-refractivity contribution in [3.05, 3.63) is 23.8 Å². The molecule has 1 N–H and O–H groups in total. The van der Waals surface area contributed by atoms with Crippen molar-refractivity contribution in [1.82, 2.24) is 10.2 Å². The molecule has 1 amide bonds. The monoisotopic (exact) mass is 462 g/mol. The minimum atomic E-state index is -0.779. The van der Waals surface area contributed by atoms with Gasteiger partial charge in [-0.3, -0.25) is 0 Å². The van der Waals surface area contributed by atoms with Gasteiger partial charge >= 0.3 is 12.1 Å². The number of ether oxygens (including phenoxy) is 4. The normalized spacial score (nSPS) is 26.2. The summed E-state index contributed by atoms with van der Waals surface area (Å²) >= 11 is 0. The molecule has 8 nitrogen and oxygen atoms in total. The third kappa shape index (κ3) is 5.54. The zero-order valence-electron chi connectivity index (χ0n) is 20.9. The number of carbonyl (C=O) groups is 2. The fraction of sp³-hybridized carbons (Fsp3) is 0.680. The molecule has 1 aliphatic carbocycles. The van der Waals surface area contributed by atoms with Gasteiger partial charge in [-0.15, -0.1) is 0 Å². The van der Waals surface area contributed by atoms with Crippen LogP contribution >= 0.6 is 0 Å². The first-order valence-electron chi connectivity index (χ1n) is 11.6. The van der Waals surface area contributed by atoms with Crippen LogP contribution in [0, 0.1) is 0 Å². The average molecular weight is 463 g/mol. The van der Waals surface area contributed by atoms with Crippen LogP contribution in [0.5, 0.6) is 11.5 Å². The van der Waals surface area contributed by atoms with Crippen LogP contribution in [0.3, 0.4) is 0 Å². The number of nitrogens with one attached hydrogen (secondary N) is 1. The second-order valence-electron chi connectivity index (χ2n) is 10.2. The average Bonchev–Trinajstić information content (AvgIpc) is 3.09. The van der Waals surface area contributed by atoms with Crippen molar-refractivity contribution in [2.24, 2.45) is 0 Å². The first-order valence-corrected chi connectivity index (χ1v) is 11.6. The Morgan fingerprint density at radius 3 is 2.48 bits per heavy atom. The number of hydrogen-bond acceptors (Lipinski definition) is 7. The number of alkyl carbamates (subject to hydrolysis) is 1. The second-order valence-corrected chi connectivity index (χ2v) is 10.2. The Labute approximate surface area is 196 Å². The van der Waals surface area contributed by atoms with Gasteiger partial charge in [-0.25, -0.2) is 9.59 Å². The highest BCUT2D eigenvalue weighted by Crippen LogP contribution is 2.50. The first-order chi connectivity index (χ1) is 15.5. The van der Waals surface area contributed by atoms with Gasteiger partial charge in [0.15, 0.2) is 11.5 Å².